The third-order valence-corrected chi connectivity index (χ3v) is 5.08. The van der Waals surface area contributed by atoms with Crippen molar-refractivity contribution in [2.24, 2.45) is 0 Å². The Morgan fingerprint density at radius 1 is 1.18 bits per heavy atom. The largest absolute Gasteiger partial charge is 0.335 e. The van der Waals surface area contributed by atoms with Crippen LogP contribution >= 0.6 is 0 Å². The van der Waals surface area contributed by atoms with E-state index in [9.17, 15) is 4.79 Å². The van der Waals surface area contributed by atoms with Crippen LogP contribution in [0.2, 0.25) is 0 Å². The second-order valence-electron chi connectivity index (χ2n) is 6.82. The zero-order chi connectivity index (χ0) is 15.4. The Morgan fingerprint density at radius 2 is 1.91 bits per heavy atom. The van der Waals surface area contributed by atoms with Gasteiger partial charge in [-0.3, -0.25) is 0 Å². The van der Waals surface area contributed by atoms with Crippen molar-refractivity contribution >= 4 is 6.03 Å². The Hall–Kier alpha value is -1.55. The van der Waals surface area contributed by atoms with Gasteiger partial charge in [-0.15, -0.1) is 0 Å². The lowest BCUT2D eigenvalue weighted by molar-refractivity contribution is -0.887. The molecular weight excluding hydrogens is 274 g/mol. The summed E-state index contributed by atoms with van der Waals surface area (Å²) < 4.78 is 0. The summed E-state index contributed by atoms with van der Waals surface area (Å²) in [4.78, 5) is 16.3. The summed E-state index contributed by atoms with van der Waals surface area (Å²) >= 11 is 0. The van der Waals surface area contributed by atoms with Gasteiger partial charge in [0.05, 0.1) is 20.1 Å². The fraction of sp³-hybridized carbons (Fsp3) is 0.611. The highest BCUT2D eigenvalue weighted by Gasteiger charge is 2.33. The highest BCUT2D eigenvalue weighted by molar-refractivity contribution is 5.75. The number of hydrogen-bond acceptors (Lipinski definition) is 1. The standard InChI is InChI=1S/C18H27N3O/c1-20-12-13-21(17(14-20)15-8-4-2-5-9-15)18(22)19-16-10-6-3-7-11-16/h2,4-5,8-9,16-17H,3,6-7,10-14H2,1H3,(H,19,22)/p+1/t17-/m0/s1. The topological polar surface area (TPSA) is 36.8 Å². The minimum Gasteiger partial charge on any atom is -0.335 e. The molecule has 2 aliphatic rings. The molecule has 4 heteroatoms. The maximum absolute atomic E-state index is 12.8. The van der Waals surface area contributed by atoms with Crippen LogP contribution < -0.4 is 10.2 Å². The van der Waals surface area contributed by atoms with E-state index >= 15 is 0 Å². The number of nitrogens with one attached hydrogen (secondary N) is 2. The van der Waals surface area contributed by atoms with E-state index in [1.807, 2.05) is 6.07 Å². The van der Waals surface area contributed by atoms with Crippen LogP contribution in [0.15, 0.2) is 30.3 Å². The zero-order valence-corrected chi connectivity index (χ0v) is 13.6. The molecule has 1 aromatic rings. The second-order valence-corrected chi connectivity index (χ2v) is 6.82. The molecule has 0 radical (unpaired) electrons. The summed E-state index contributed by atoms with van der Waals surface area (Å²) in [5.74, 6) is 0. The lowest BCUT2D eigenvalue weighted by atomic mass is 9.95. The number of piperazine rings is 1. The Labute approximate surface area is 133 Å². The molecule has 1 heterocycles. The van der Waals surface area contributed by atoms with E-state index in [0.29, 0.717) is 6.04 Å². The van der Waals surface area contributed by atoms with Crippen molar-refractivity contribution in [3.05, 3.63) is 35.9 Å². The van der Waals surface area contributed by atoms with Gasteiger partial charge in [0.1, 0.15) is 12.6 Å². The molecule has 0 aromatic heterocycles. The quantitative estimate of drug-likeness (QED) is 0.855. The number of benzene rings is 1. The van der Waals surface area contributed by atoms with Crippen LogP contribution in [0.25, 0.3) is 0 Å². The first-order chi connectivity index (χ1) is 10.7. The predicted molar refractivity (Wildman–Crippen MR) is 87.9 cm³/mol. The second kappa shape index (κ2) is 7.14. The van der Waals surface area contributed by atoms with Crippen LogP contribution in [0.5, 0.6) is 0 Å². The normalized spacial score (nSPS) is 26.7. The molecule has 1 unspecified atom stereocenters. The highest BCUT2D eigenvalue weighted by Crippen LogP contribution is 2.22. The Bertz CT molecular complexity index is 484. The van der Waals surface area contributed by atoms with Crippen LogP contribution in [0.4, 0.5) is 4.79 Å². The lowest BCUT2D eigenvalue weighted by Gasteiger charge is -2.39. The summed E-state index contributed by atoms with van der Waals surface area (Å²) in [5.41, 5.74) is 1.25. The Morgan fingerprint density at radius 3 is 2.64 bits per heavy atom. The number of rotatable bonds is 2. The summed E-state index contributed by atoms with van der Waals surface area (Å²) in [5, 5.41) is 3.28. The van der Waals surface area contributed by atoms with Gasteiger partial charge in [0.25, 0.3) is 0 Å². The van der Waals surface area contributed by atoms with Crippen molar-refractivity contribution in [3.8, 4) is 0 Å². The summed E-state index contributed by atoms with van der Waals surface area (Å²) in [6.45, 7) is 2.85. The van der Waals surface area contributed by atoms with Gasteiger partial charge in [0.2, 0.25) is 0 Å². The van der Waals surface area contributed by atoms with E-state index in [2.05, 4.69) is 41.5 Å². The number of nitrogens with zero attached hydrogens (tertiary/aromatic N) is 1. The number of amides is 2. The van der Waals surface area contributed by atoms with Gasteiger partial charge in [0, 0.05) is 6.04 Å². The fourth-order valence-corrected chi connectivity index (χ4v) is 3.73. The van der Waals surface area contributed by atoms with Gasteiger partial charge in [-0.25, -0.2) is 4.79 Å². The van der Waals surface area contributed by atoms with Crippen LogP contribution in [0.1, 0.15) is 43.7 Å². The number of likely N-dealkylation sites (N-methyl/N-ethyl adjacent to an activating group) is 1. The van der Waals surface area contributed by atoms with Crippen molar-refractivity contribution < 1.29 is 9.69 Å². The molecule has 1 aromatic carbocycles. The predicted octanol–water partition coefficient (Wildman–Crippen LogP) is 1.60. The van der Waals surface area contributed by atoms with E-state index in [4.69, 9.17) is 0 Å². The van der Waals surface area contributed by atoms with Crippen LogP contribution in [-0.2, 0) is 0 Å². The van der Waals surface area contributed by atoms with Crippen LogP contribution in [-0.4, -0.2) is 43.7 Å². The third-order valence-electron chi connectivity index (χ3n) is 5.08. The third kappa shape index (κ3) is 3.61. The molecule has 22 heavy (non-hydrogen) atoms. The molecule has 0 bridgehead atoms. The van der Waals surface area contributed by atoms with Gasteiger partial charge in [-0.2, -0.15) is 0 Å². The number of carbonyl (C=O) groups excluding carboxylic acids is 1. The van der Waals surface area contributed by atoms with E-state index < -0.39 is 0 Å². The molecule has 0 spiro atoms. The van der Waals surface area contributed by atoms with Gasteiger partial charge >= 0.3 is 6.03 Å². The molecular formula is C18H28N3O+. The van der Waals surface area contributed by atoms with Crippen LogP contribution in [0.3, 0.4) is 0 Å². The average molecular weight is 302 g/mol. The molecule has 2 N–H and O–H groups in total. The van der Waals surface area contributed by atoms with E-state index in [1.165, 1.54) is 29.7 Å². The first-order valence-corrected chi connectivity index (χ1v) is 8.67. The molecule has 120 valence electrons. The number of carbonyl (C=O) groups is 1. The zero-order valence-electron chi connectivity index (χ0n) is 13.6. The maximum atomic E-state index is 12.8. The number of hydrogen-bond donors (Lipinski definition) is 2. The molecule has 1 aliphatic heterocycles. The average Bonchev–Trinajstić information content (AvgIpc) is 2.56. The maximum Gasteiger partial charge on any atom is 0.318 e. The molecule has 1 saturated heterocycles. The monoisotopic (exact) mass is 302 g/mol. The summed E-state index contributed by atoms with van der Waals surface area (Å²) in [7, 11) is 2.21. The number of quaternary nitrogens is 1. The highest BCUT2D eigenvalue weighted by atomic mass is 16.2. The van der Waals surface area contributed by atoms with E-state index in [-0.39, 0.29) is 12.1 Å². The lowest BCUT2D eigenvalue weighted by Crippen LogP contribution is -3.12. The molecule has 3 rings (SSSR count). The first-order valence-electron chi connectivity index (χ1n) is 8.67. The first kappa shape index (κ1) is 15.3. The van der Waals surface area contributed by atoms with E-state index in [1.54, 1.807) is 0 Å². The molecule has 2 amide bonds. The molecule has 4 nitrogen and oxygen atoms in total. The van der Waals surface area contributed by atoms with Gasteiger partial charge in [0.15, 0.2) is 0 Å². The van der Waals surface area contributed by atoms with Gasteiger partial charge in [-0.05, 0) is 18.4 Å². The minimum atomic E-state index is 0.133. The van der Waals surface area contributed by atoms with Crippen molar-refractivity contribution in [2.45, 2.75) is 44.2 Å². The van der Waals surface area contributed by atoms with Gasteiger partial charge < -0.3 is 15.1 Å². The minimum absolute atomic E-state index is 0.133. The van der Waals surface area contributed by atoms with Crippen molar-refractivity contribution in [1.82, 2.24) is 10.2 Å². The van der Waals surface area contributed by atoms with Crippen molar-refractivity contribution in [2.75, 3.05) is 26.7 Å². The van der Waals surface area contributed by atoms with Crippen LogP contribution in [0, 0.1) is 0 Å². The summed E-state index contributed by atoms with van der Waals surface area (Å²) in [6.07, 6.45) is 6.10. The van der Waals surface area contributed by atoms with Gasteiger partial charge in [-0.1, -0.05) is 49.6 Å². The molecule has 1 saturated carbocycles. The molecule has 1 aliphatic carbocycles. The molecule has 2 fully saturated rings. The Balaban J connectivity index is 1.70. The van der Waals surface area contributed by atoms with Crippen molar-refractivity contribution in [3.63, 3.8) is 0 Å². The van der Waals surface area contributed by atoms with Crippen molar-refractivity contribution in [1.29, 1.82) is 0 Å². The number of urea groups is 1. The SMILES string of the molecule is C[NH+]1CCN(C(=O)NC2CCCCC2)[C@H](c2ccccc2)C1. The Kier molecular flexibility index (Phi) is 4.98. The smallest absolute Gasteiger partial charge is 0.318 e. The molecule has 2 atom stereocenters. The summed E-state index contributed by atoms with van der Waals surface area (Å²) in [6, 6.07) is 11.2. The fourth-order valence-electron chi connectivity index (χ4n) is 3.73. The van der Waals surface area contributed by atoms with E-state index in [0.717, 1.165) is 32.5 Å².